The van der Waals surface area contributed by atoms with E-state index in [1.807, 2.05) is 0 Å². The van der Waals surface area contributed by atoms with E-state index in [1.165, 1.54) is 6.08 Å². The van der Waals surface area contributed by atoms with Crippen LogP contribution in [-0.2, 0) is 24.2 Å². The molecule has 1 aromatic rings. The quantitative estimate of drug-likeness (QED) is 0.483. The Morgan fingerprint density at radius 2 is 1.77 bits per heavy atom. The average molecular weight is 436 g/mol. The van der Waals surface area contributed by atoms with Crippen LogP contribution in [0.5, 0.6) is 5.75 Å². The maximum Gasteiger partial charge on any atom is 0.331 e. The zero-order chi connectivity index (χ0) is 21.6. The van der Waals surface area contributed by atoms with Gasteiger partial charge >= 0.3 is 5.97 Å². The van der Waals surface area contributed by atoms with Crippen molar-refractivity contribution in [2.45, 2.75) is 50.6 Å². The van der Waals surface area contributed by atoms with E-state index in [9.17, 15) is 18.0 Å². The van der Waals surface area contributed by atoms with Gasteiger partial charge in [0.05, 0.1) is 18.6 Å². The van der Waals surface area contributed by atoms with Gasteiger partial charge in [-0.3, -0.25) is 4.79 Å². The summed E-state index contributed by atoms with van der Waals surface area (Å²) in [6.45, 7) is -0.376. The lowest BCUT2D eigenvalue weighted by atomic mass is 9.93. The van der Waals surface area contributed by atoms with Crippen LogP contribution in [0.2, 0.25) is 0 Å². The number of hydrogen-bond donors (Lipinski definition) is 0. The first kappa shape index (κ1) is 22.3. The molecule has 0 radical (unpaired) electrons. The second kappa shape index (κ2) is 10.1. The molecular formula is C22H29NO6S. The van der Waals surface area contributed by atoms with Gasteiger partial charge in [0.15, 0.2) is 16.4 Å². The van der Waals surface area contributed by atoms with Gasteiger partial charge in [0, 0.05) is 18.2 Å². The summed E-state index contributed by atoms with van der Waals surface area (Å²) in [6, 6.07) is 6.88. The molecule has 164 valence electrons. The van der Waals surface area contributed by atoms with Gasteiger partial charge in [0.1, 0.15) is 5.75 Å². The number of carbonyl (C=O) groups is 2. The zero-order valence-corrected chi connectivity index (χ0v) is 18.1. The predicted molar refractivity (Wildman–Crippen MR) is 114 cm³/mol. The lowest BCUT2D eigenvalue weighted by Gasteiger charge is -2.38. The van der Waals surface area contributed by atoms with Crippen molar-refractivity contribution in [3.8, 4) is 5.75 Å². The fourth-order valence-electron chi connectivity index (χ4n) is 4.19. The first-order chi connectivity index (χ1) is 14.4. The van der Waals surface area contributed by atoms with Crippen LogP contribution in [0.3, 0.4) is 0 Å². The molecule has 1 aromatic carbocycles. The van der Waals surface area contributed by atoms with E-state index in [1.54, 1.807) is 42.4 Å². The molecule has 7 nitrogen and oxygen atoms in total. The number of hydrogen-bond acceptors (Lipinski definition) is 6. The highest BCUT2D eigenvalue weighted by Gasteiger charge is 2.38. The minimum Gasteiger partial charge on any atom is -0.497 e. The summed E-state index contributed by atoms with van der Waals surface area (Å²) >= 11 is 0. The van der Waals surface area contributed by atoms with Gasteiger partial charge in [-0.25, -0.2) is 13.2 Å². The minimum absolute atomic E-state index is 0.000554. The molecule has 8 heteroatoms. The summed E-state index contributed by atoms with van der Waals surface area (Å²) < 4.78 is 34.1. The molecule has 1 aliphatic heterocycles. The number of nitrogens with zero attached hydrogens (tertiary/aromatic N) is 1. The lowest BCUT2D eigenvalue weighted by molar-refractivity contribution is -0.151. The van der Waals surface area contributed by atoms with Crippen LogP contribution in [0.1, 0.15) is 44.1 Å². The van der Waals surface area contributed by atoms with Crippen LogP contribution in [0.25, 0.3) is 6.08 Å². The summed E-state index contributed by atoms with van der Waals surface area (Å²) in [7, 11) is -1.53. The smallest absolute Gasteiger partial charge is 0.331 e. The Morgan fingerprint density at radius 1 is 1.07 bits per heavy atom. The van der Waals surface area contributed by atoms with E-state index >= 15 is 0 Å². The van der Waals surface area contributed by atoms with Gasteiger partial charge in [0.25, 0.3) is 5.91 Å². The molecule has 0 N–H and O–H groups in total. The molecule has 1 saturated heterocycles. The Hall–Kier alpha value is -2.35. The van der Waals surface area contributed by atoms with Crippen molar-refractivity contribution in [2.24, 2.45) is 0 Å². The third kappa shape index (κ3) is 6.08. The van der Waals surface area contributed by atoms with Gasteiger partial charge in [-0.1, -0.05) is 31.4 Å². The molecule has 1 saturated carbocycles. The zero-order valence-electron chi connectivity index (χ0n) is 17.3. The summed E-state index contributed by atoms with van der Waals surface area (Å²) in [5.74, 6) is -0.0897. The molecule has 1 amide bonds. The largest absolute Gasteiger partial charge is 0.497 e. The number of carbonyl (C=O) groups excluding carboxylic acids is 2. The monoisotopic (exact) mass is 435 g/mol. The molecule has 0 bridgehead atoms. The summed E-state index contributed by atoms with van der Waals surface area (Å²) in [6.07, 6.45) is 8.26. The van der Waals surface area contributed by atoms with Crippen molar-refractivity contribution in [1.29, 1.82) is 0 Å². The van der Waals surface area contributed by atoms with Crippen LogP contribution in [0.15, 0.2) is 30.3 Å². The molecule has 1 heterocycles. The van der Waals surface area contributed by atoms with E-state index in [0.717, 1.165) is 43.4 Å². The van der Waals surface area contributed by atoms with E-state index in [2.05, 4.69) is 0 Å². The first-order valence-electron chi connectivity index (χ1n) is 10.4. The SMILES string of the molecule is COc1ccc(/C=C\C(=O)OCC(=O)N(C2CCCCC2)[C@@H]2CCS(=O)(=O)C2)cc1. The Bertz CT molecular complexity index is 871. The van der Waals surface area contributed by atoms with Gasteiger partial charge in [-0.15, -0.1) is 0 Å². The van der Waals surface area contributed by atoms with Crippen molar-refractivity contribution in [2.75, 3.05) is 25.2 Å². The average Bonchev–Trinajstić information content (AvgIpc) is 3.11. The van der Waals surface area contributed by atoms with E-state index in [0.29, 0.717) is 6.42 Å². The number of esters is 1. The first-order valence-corrected chi connectivity index (χ1v) is 12.2. The van der Waals surface area contributed by atoms with Crippen LogP contribution < -0.4 is 4.74 Å². The van der Waals surface area contributed by atoms with Crippen molar-refractivity contribution in [3.05, 3.63) is 35.9 Å². The third-order valence-electron chi connectivity index (χ3n) is 5.72. The highest BCUT2D eigenvalue weighted by atomic mass is 32.2. The van der Waals surface area contributed by atoms with E-state index in [4.69, 9.17) is 9.47 Å². The number of rotatable bonds is 7. The van der Waals surface area contributed by atoms with Crippen molar-refractivity contribution in [3.63, 3.8) is 0 Å². The fraction of sp³-hybridized carbons (Fsp3) is 0.545. The highest BCUT2D eigenvalue weighted by molar-refractivity contribution is 7.91. The number of benzene rings is 1. The molecule has 0 spiro atoms. The standard InChI is InChI=1S/C22H29NO6S/c1-28-20-10-7-17(8-11-20)9-12-22(25)29-15-21(24)23(18-5-3-2-4-6-18)19-13-14-30(26,27)16-19/h7-12,18-19H,2-6,13-16H2,1H3/b12-9-/t19-/m1/s1. The second-order valence-electron chi connectivity index (χ2n) is 7.86. The molecule has 3 rings (SSSR count). The molecule has 1 atom stereocenters. The molecule has 30 heavy (non-hydrogen) atoms. The van der Waals surface area contributed by atoms with Gasteiger partial charge in [-0.2, -0.15) is 0 Å². The lowest BCUT2D eigenvalue weighted by Crippen LogP contribution is -2.50. The number of sulfone groups is 1. The van der Waals surface area contributed by atoms with Crippen LogP contribution >= 0.6 is 0 Å². The summed E-state index contributed by atoms with van der Waals surface area (Å²) in [5, 5.41) is 0. The molecular weight excluding hydrogens is 406 g/mol. The third-order valence-corrected chi connectivity index (χ3v) is 7.47. The number of amides is 1. The van der Waals surface area contributed by atoms with E-state index in [-0.39, 0.29) is 36.1 Å². The van der Waals surface area contributed by atoms with Crippen LogP contribution in [0, 0.1) is 0 Å². The Kier molecular flexibility index (Phi) is 7.53. The predicted octanol–water partition coefficient (Wildman–Crippen LogP) is 2.60. The van der Waals surface area contributed by atoms with Crippen LogP contribution in [-0.4, -0.2) is 62.5 Å². The molecule has 0 aromatic heterocycles. The molecule has 2 aliphatic rings. The summed E-state index contributed by atoms with van der Waals surface area (Å²) in [4.78, 5) is 26.7. The number of methoxy groups -OCH3 is 1. The Balaban J connectivity index is 1.59. The van der Waals surface area contributed by atoms with Crippen molar-refractivity contribution >= 4 is 27.8 Å². The Morgan fingerprint density at radius 3 is 2.37 bits per heavy atom. The van der Waals surface area contributed by atoms with Gasteiger partial charge < -0.3 is 14.4 Å². The maximum absolute atomic E-state index is 12.9. The molecule has 0 unspecified atom stereocenters. The van der Waals surface area contributed by atoms with Gasteiger partial charge in [-0.05, 0) is 43.0 Å². The highest BCUT2D eigenvalue weighted by Crippen LogP contribution is 2.28. The topological polar surface area (TPSA) is 90.0 Å². The molecule has 2 fully saturated rings. The number of ether oxygens (including phenoxy) is 2. The maximum atomic E-state index is 12.9. The fourth-order valence-corrected chi connectivity index (χ4v) is 5.91. The van der Waals surface area contributed by atoms with E-state index < -0.39 is 15.8 Å². The second-order valence-corrected chi connectivity index (χ2v) is 10.1. The van der Waals surface area contributed by atoms with Gasteiger partial charge in [0.2, 0.25) is 0 Å². The molecule has 1 aliphatic carbocycles. The van der Waals surface area contributed by atoms with Crippen molar-refractivity contribution in [1.82, 2.24) is 4.90 Å². The normalized spacial score (nSPS) is 21.4. The van der Waals surface area contributed by atoms with Crippen molar-refractivity contribution < 1.29 is 27.5 Å². The summed E-state index contributed by atoms with van der Waals surface area (Å²) in [5.41, 5.74) is 0.805. The Labute approximate surface area is 178 Å². The van der Waals surface area contributed by atoms with Crippen LogP contribution in [0.4, 0.5) is 0 Å². The minimum atomic E-state index is -3.11.